The van der Waals surface area contributed by atoms with Gasteiger partial charge in [-0.25, -0.2) is 4.98 Å². The Bertz CT molecular complexity index is 693. The molecule has 1 heterocycles. The normalized spacial score (nSPS) is 10.8. The van der Waals surface area contributed by atoms with Gasteiger partial charge in [0.05, 0.1) is 18.5 Å². The number of benzene rings is 2. The molecule has 19 heavy (non-hydrogen) atoms. The molecule has 0 atom stereocenters. The summed E-state index contributed by atoms with van der Waals surface area (Å²) in [6.07, 6.45) is 0. The molecule has 0 spiro atoms. The lowest BCUT2D eigenvalue weighted by molar-refractivity contribution is 0.419. The Hall–Kier alpha value is -2.69. The number of nitrogens with zero attached hydrogens (tertiary/aromatic N) is 1. The minimum atomic E-state index is 0.458. The van der Waals surface area contributed by atoms with Crippen molar-refractivity contribution in [2.24, 2.45) is 0 Å². The molecule has 0 amide bonds. The number of anilines is 2. The van der Waals surface area contributed by atoms with Gasteiger partial charge in [-0.1, -0.05) is 12.1 Å². The van der Waals surface area contributed by atoms with Gasteiger partial charge in [-0.15, -0.1) is 0 Å². The van der Waals surface area contributed by atoms with Crippen LogP contribution in [0.15, 0.2) is 40.8 Å². The van der Waals surface area contributed by atoms with Crippen molar-refractivity contribution in [2.45, 2.75) is 0 Å². The maximum Gasteiger partial charge on any atom is 0.227 e. The van der Waals surface area contributed by atoms with Gasteiger partial charge in [-0.05, 0) is 24.3 Å². The molecule has 96 valence electrons. The molecule has 0 fully saturated rings. The van der Waals surface area contributed by atoms with E-state index in [9.17, 15) is 0 Å². The Balaban J connectivity index is 2.16. The summed E-state index contributed by atoms with van der Waals surface area (Å²) in [4.78, 5) is 4.40. The highest BCUT2D eigenvalue weighted by atomic mass is 16.5. The van der Waals surface area contributed by atoms with E-state index in [1.165, 1.54) is 7.11 Å². The average Bonchev–Trinajstić information content (AvgIpc) is 2.82. The number of para-hydroxylation sites is 2. The number of aromatic nitrogens is 1. The van der Waals surface area contributed by atoms with Gasteiger partial charge < -0.3 is 20.6 Å². The lowest BCUT2D eigenvalue weighted by Gasteiger charge is -2.08. The minimum absolute atomic E-state index is 0.458. The Morgan fingerprint density at radius 2 is 1.79 bits per heavy atom. The molecule has 3 aromatic rings. The largest absolute Gasteiger partial charge is 0.492 e. The number of ether oxygens (including phenoxy) is 1. The van der Waals surface area contributed by atoms with Crippen LogP contribution in [-0.4, -0.2) is 12.1 Å². The van der Waals surface area contributed by atoms with Crippen molar-refractivity contribution in [3.8, 4) is 17.2 Å². The molecule has 0 aliphatic carbocycles. The van der Waals surface area contributed by atoms with Crippen molar-refractivity contribution in [2.75, 3.05) is 18.6 Å². The highest BCUT2D eigenvalue weighted by molar-refractivity contribution is 5.80. The zero-order chi connectivity index (χ0) is 13.4. The van der Waals surface area contributed by atoms with Crippen molar-refractivity contribution < 1.29 is 9.15 Å². The van der Waals surface area contributed by atoms with Crippen LogP contribution >= 0.6 is 0 Å². The number of hydrogen-bond acceptors (Lipinski definition) is 5. The first kappa shape index (κ1) is 11.4. The van der Waals surface area contributed by atoms with E-state index in [1.54, 1.807) is 12.1 Å². The molecular weight excluding hydrogens is 242 g/mol. The summed E-state index contributed by atoms with van der Waals surface area (Å²) in [6.45, 7) is 0. The monoisotopic (exact) mass is 255 g/mol. The van der Waals surface area contributed by atoms with E-state index in [0.29, 0.717) is 23.0 Å². The van der Waals surface area contributed by atoms with E-state index in [1.807, 2.05) is 24.3 Å². The maximum absolute atomic E-state index is 5.89. The van der Waals surface area contributed by atoms with Crippen LogP contribution in [0.4, 0.5) is 11.4 Å². The molecule has 3 rings (SSSR count). The lowest BCUT2D eigenvalue weighted by atomic mass is 10.1. The van der Waals surface area contributed by atoms with Gasteiger partial charge in [0.25, 0.3) is 0 Å². The summed E-state index contributed by atoms with van der Waals surface area (Å²) in [6, 6.07) is 11.0. The number of hydrogen-bond donors (Lipinski definition) is 2. The third-order valence-corrected chi connectivity index (χ3v) is 2.89. The van der Waals surface area contributed by atoms with Gasteiger partial charge >= 0.3 is 0 Å². The second-order valence-electron chi connectivity index (χ2n) is 4.17. The van der Waals surface area contributed by atoms with Crippen molar-refractivity contribution in [3.63, 3.8) is 0 Å². The molecule has 0 unspecified atom stereocenters. The number of nitrogen functional groups attached to an aromatic ring is 2. The molecule has 5 heteroatoms. The summed E-state index contributed by atoms with van der Waals surface area (Å²) in [5.41, 5.74) is 14.9. The summed E-state index contributed by atoms with van der Waals surface area (Å²) in [5.74, 6) is 0.960. The zero-order valence-electron chi connectivity index (χ0n) is 10.4. The Morgan fingerprint density at radius 3 is 2.42 bits per heavy atom. The van der Waals surface area contributed by atoms with Crippen LogP contribution in [0.2, 0.25) is 0 Å². The minimum Gasteiger partial charge on any atom is -0.492 e. The predicted molar refractivity (Wildman–Crippen MR) is 74.8 cm³/mol. The number of nitrogens with two attached hydrogens (primary N) is 2. The Labute approximate surface area is 109 Å². The van der Waals surface area contributed by atoms with Crippen LogP contribution in [-0.2, 0) is 0 Å². The highest BCUT2D eigenvalue weighted by Gasteiger charge is 2.12. The molecule has 0 saturated carbocycles. The van der Waals surface area contributed by atoms with Crippen molar-refractivity contribution in [1.82, 2.24) is 4.98 Å². The number of methoxy groups -OCH3 is 1. The highest BCUT2D eigenvalue weighted by Crippen LogP contribution is 2.35. The average molecular weight is 255 g/mol. The van der Waals surface area contributed by atoms with Crippen LogP contribution in [0, 0.1) is 0 Å². The molecule has 0 aliphatic heterocycles. The van der Waals surface area contributed by atoms with Gasteiger partial charge in [0.2, 0.25) is 5.89 Å². The predicted octanol–water partition coefficient (Wildman–Crippen LogP) is 2.67. The smallest absolute Gasteiger partial charge is 0.227 e. The van der Waals surface area contributed by atoms with Gasteiger partial charge in [0.1, 0.15) is 5.52 Å². The number of fused-ring (bicyclic) bond motifs is 1. The molecule has 1 aromatic heterocycles. The Kier molecular flexibility index (Phi) is 2.52. The zero-order valence-corrected chi connectivity index (χ0v) is 10.4. The van der Waals surface area contributed by atoms with Crippen molar-refractivity contribution >= 4 is 22.5 Å². The molecule has 2 aromatic carbocycles. The van der Waals surface area contributed by atoms with Crippen LogP contribution in [0.25, 0.3) is 22.6 Å². The lowest BCUT2D eigenvalue weighted by Crippen LogP contribution is -1.98. The summed E-state index contributed by atoms with van der Waals surface area (Å²) >= 11 is 0. The quantitative estimate of drug-likeness (QED) is 0.687. The van der Waals surface area contributed by atoms with Gasteiger partial charge in [-0.3, -0.25) is 0 Å². The third kappa shape index (κ3) is 1.85. The maximum atomic E-state index is 5.89. The first-order chi connectivity index (χ1) is 9.19. The first-order valence-corrected chi connectivity index (χ1v) is 5.78. The van der Waals surface area contributed by atoms with E-state index in [-0.39, 0.29) is 0 Å². The summed E-state index contributed by atoms with van der Waals surface area (Å²) in [7, 11) is 1.53. The van der Waals surface area contributed by atoms with E-state index < -0.39 is 0 Å². The van der Waals surface area contributed by atoms with Crippen LogP contribution in [0.1, 0.15) is 0 Å². The third-order valence-electron chi connectivity index (χ3n) is 2.89. The van der Waals surface area contributed by atoms with Crippen LogP contribution in [0.3, 0.4) is 0 Å². The van der Waals surface area contributed by atoms with Crippen LogP contribution in [0.5, 0.6) is 5.75 Å². The van der Waals surface area contributed by atoms with Gasteiger partial charge in [0.15, 0.2) is 11.3 Å². The van der Waals surface area contributed by atoms with Gasteiger partial charge in [0, 0.05) is 5.56 Å². The summed E-state index contributed by atoms with van der Waals surface area (Å²) in [5, 5.41) is 0. The molecule has 0 saturated heterocycles. The SMILES string of the molecule is COc1c(N)cc(-c2nc3ccccc3o2)cc1N. The fourth-order valence-corrected chi connectivity index (χ4v) is 2.03. The van der Waals surface area contributed by atoms with E-state index in [2.05, 4.69) is 4.98 Å². The fraction of sp³-hybridized carbons (Fsp3) is 0.0714. The van der Waals surface area contributed by atoms with Gasteiger partial charge in [-0.2, -0.15) is 0 Å². The fourth-order valence-electron chi connectivity index (χ4n) is 2.03. The Morgan fingerprint density at radius 1 is 1.11 bits per heavy atom. The second kappa shape index (κ2) is 4.20. The van der Waals surface area contributed by atoms with E-state index in [4.69, 9.17) is 20.6 Å². The van der Waals surface area contributed by atoms with E-state index in [0.717, 1.165) is 16.7 Å². The first-order valence-electron chi connectivity index (χ1n) is 5.78. The van der Waals surface area contributed by atoms with Crippen molar-refractivity contribution in [1.29, 1.82) is 0 Å². The second-order valence-corrected chi connectivity index (χ2v) is 4.17. The van der Waals surface area contributed by atoms with Crippen molar-refractivity contribution in [3.05, 3.63) is 36.4 Å². The van der Waals surface area contributed by atoms with Crippen LogP contribution < -0.4 is 16.2 Å². The topological polar surface area (TPSA) is 87.3 Å². The molecule has 0 bridgehead atoms. The standard InChI is InChI=1S/C14H13N3O2/c1-18-13-9(15)6-8(7-10(13)16)14-17-11-4-2-3-5-12(11)19-14/h2-7H,15-16H2,1H3. The summed E-state index contributed by atoms with van der Waals surface area (Å²) < 4.78 is 10.8. The number of oxazole rings is 1. The molecule has 0 aliphatic rings. The molecular formula is C14H13N3O2. The molecule has 0 radical (unpaired) electrons. The number of rotatable bonds is 2. The molecule has 4 N–H and O–H groups in total. The van der Waals surface area contributed by atoms with E-state index >= 15 is 0 Å². The molecule has 5 nitrogen and oxygen atoms in total.